The normalized spacial score (nSPS) is 10.7. The molecule has 2 rings (SSSR count). The molecule has 1 heterocycles. The summed E-state index contributed by atoms with van der Waals surface area (Å²) < 4.78 is 4.39. The zero-order valence-corrected chi connectivity index (χ0v) is 8.06. The molecule has 2 aromatic rings. The summed E-state index contributed by atoms with van der Waals surface area (Å²) in [4.78, 5) is 24.6. The summed E-state index contributed by atoms with van der Waals surface area (Å²) in [6, 6.07) is 6.67. The molecule has 0 saturated carbocycles. The first-order valence-electron chi connectivity index (χ1n) is 4.44. The standard InChI is InChI=1S/C11H6N2O3/c12-5-1-2-7-3-4-9-8(6-7)10(14)16-11(15)13-9/h1-4,6H,(H,13,15). The van der Waals surface area contributed by atoms with Crippen molar-refractivity contribution in [2.24, 2.45) is 0 Å². The number of nitrogens with one attached hydrogen (secondary N) is 1. The van der Waals surface area contributed by atoms with E-state index in [4.69, 9.17) is 5.26 Å². The van der Waals surface area contributed by atoms with Crippen LogP contribution in [-0.4, -0.2) is 4.98 Å². The van der Waals surface area contributed by atoms with Gasteiger partial charge < -0.3 is 4.42 Å². The second-order valence-corrected chi connectivity index (χ2v) is 3.07. The summed E-state index contributed by atoms with van der Waals surface area (Å²) in [5.41, 5.74) is 0.412. The van der Waals surface area contributed by atoms with Crippen molar-refractivity contribution >= 4 is 17.0 Å². The molecule has 0 radical (unpaired) electrons. The Hall–Kier alpha value is -2.61. The van der Waals surface area contributed by atoms with Crippen LogP contribution in [0.1, 0.15) is 5.56 Å². The Morgan fingerprint density at radius 1 is 1.38 bits per heavy atom. The van der Waals surface area contributed by atoms with Crippen LogP contribution in [0.5, 0.6) is 0 Å². The van der Waals surface area contributed by atoms with Gasteiger partial charge in [0.25, 0.3) is 0 Å². The van der Waals surface area contributed by atoms with Gasteiger partial charge in [-0.3, -0.25) is 4.98 Å². The van der Waals surface area contributed by atoms with E-state index in [1.807, 2.05) is 6.07 Å². The maximum atomic E-state index is 11.3. The van der Waals surface area contributed by atoms with Crippen molar-refractivity contribution < 1.29 is 4.42 Å². The van der Waals surface area contributed by atoms with Gasteiger partial charge in [0.1, 0.15) is 0 Å². The number of nitriles is 1. The van der Waals surface area contributed by atoms with Crippen LogP contribution in [0.25, 0.3) is 17.0 Å². The van der Waals surface area contributed by atoms with Gasteiger partial charge in [-0.1, -0.05) is 6.07 Å². The molecule has 0 bridgehead atoms. The van der Waals surface area contributed by atoms with E-state index in [1.165, 1.54) is 6.08 Å². The fourth-order valence-corrected chi connectivity index (χ4v) is 1.35. The quantitative estimate of drug-likeness (QED) is 0.718. The fourth-order valence-electron chi connectivity index (χ4n) is 1.35. The molecule has 0 amide bonds. The van der Waals surface area contributed by atoms with Gasteiger partial charge >= 0.3 is 11.4 Å². The highest BCUT2D eigenvalue weighted by molar-refractivity contribution is 5.79. The zero-order valence-electron chi connectivity index (χ0n) is 8.06. The number of hydrogen-bond donors (Lipinski definition) is 1. The summed E-state index contributed by atoms with van der Waals surface area (Å²) in [6.45, 7) is 0. The molecule has 5 nitrogen and oxygen atoms in total. The van der Waals surface area contributed by atoms with Crippen LogP contribution in [0.4, 0.5) is 0 Å². The average Bonchev–Trinajstić information content (AvgIpc) is 2.26. The van der Waals surface area contributed by atoms with Crippen molar-refractivity contribution in [1.29, 1.82) is 5.26 Å². The minimum Gasteiger partial charge on any atom is -0.372 e. The molecule has 0 aliphatic carbocycles. The van der Waals surface area contributed by atoms with Crippen LogP contribution in [-0.2, 0) is 0 Å². The van der Waals surface area contributed by atoms with Crippen molar-refractivity contribution in [3.8, 4) is 6.07 Å². The monoisotopic (exact) mass is 214 g/mol. The Bertz CT molecular complexity index is 716. The van der Waals surface area contributed by atoms with Crippen LogP contribution in [0, 0.1) is 11.3 Å². The summed E-state index contributed by atoms with van der Waals surface area (Å²) in [7, 11) is 0. The first-order chi connectivity index (χ1) is 7.70. The molecule has 0 atom stereocenters. The molecule has 1 aromatic heterocycles. The van der Waals surface area contributed by atoms with E-state index in [-0.39, 0.29) is 5.39 Å². The SMILES string of the molecule is N#CC=Cc1ccc2[nH]c(=O)oc(=O)c2c1. The number of benzene rings is 1. The number of aromatic nitrogens is 1. The lowest BCUT2D eigenvalue weighted by Crippen LogP contribution is -2.14. The Morgan fingerprint density at radius 3 is 2.94 bits per heavy atom. The summed E-state index contributed by atoms with van der Waals surface area (Å²) in [5, 5.41) is 8.64. The molecule has 5 heteroatoms. The Labute approximate surface area is 89.3 Å². The molecule has 0 spiro atoms. The first-order valence-corrected chi connectivity index (χ1v) is 4.44. The maximum Gasteiger partial charge on any atom is 0.419 e. The molecule has 1 aromatic carbocycles. The van der Waals surface area contributed by atoms with E-state index in [0.717, 1.165) is 0 Å². The number of allylic oxidation sites excluding steroid dienone is 1. The van der Waals surface area contributed by atoms with E-state index in [2.05, 4.69) is 9.40 Å². The number of nitrogens with zero attached hydrogens (tertiary/aromatic N) is 1. The number of aromatic amines is 1. The number of H-pyrrole nitrogens is 1. The molecule has 0 saturated heterocycles. The van der Waals surface area contributed by atoms with Gasteiger partial charge in [0, 0.05) is 6.08 Å². The van der Waals surface area contributed by atoms with E-state index in [0.29, 0.717) is 11.1 Å². The molecule has 0 fully saturated rings. The van der Waals surface area contributed by atoms with Gasteiger partial charge in [-0.25, -0.2) is 9.59 Å². The number of hydrogen-bond acceptors (Lipinski definition) is 4. The average molecular weight is 214 g/mol. The van der Waals surface area contributed by atoms with Crippen molar-refractivity contribution in [3.63, 3.8) is 0 Å². The third-order valence-corrected chi connectivity index (χ3v) is 2.04. The lowest BCUT2D eigenvalue weighted by Gasteiger charge is -1.96. The number of rotatable bonds is 1. The van der Waals surface area contributed by atoms with E-state index in [1.54, 1.807) is 24.3 Å². The predicted octanol–water partition coefficient (Wildman–Crippen LogP) is 1.02. The molecule has 0 unspecified atom stereocenters. The van der Waals surface area contributed by atoms with Gasteiger partial charge in [-0.2, -0.15) is 5.26 Å². The van der Waals surface area contributed by atoms with Crippen molar-refractivity contribution in [1.82, 2.24) is 4.98 Å². The Balaban J connectivity index is 2.72. The van der Waals surface area contributed by atoms with Gasteiger partial charge in [-0.15, -0.1) is 0 Å². The molecular weight excluding hydrogens is 208 g/mol. The van der Waals surface area contributed by atoms with E-state index < -0.39 is 11.4 Å². The van der Waals surface area contributed by atoms with Crippen LogP contribution in [0.3, 0.4) is 0 Å². The molecule has 0 aliphatic rings. The van der Waals surface area contributed by atoms with Gasteiger partial charge in [0.2, 0.25) is 0 Å². The van der Waals surface area contributed by atoms with Crippen LogP contribution in [0.15, 0.2) is 38.3 Å². The second kappa shape index (κ2) is 3.87. The van der Waals surface area contributed by atoms with Crippen LogP contribution < -0.4 is 11.4 Å². The number of fused-ring (bicyclic) bond motifs is 1. The third-order valence-electron chi connectivity index (χ3n) is 2.04. The lowest BCUT2D eigenvalue weighted by molar-refractivity contribution is 0.460. The zero-order chi connectivity index (χ0) is 11.5. The lowest BCUT2D eigenvalue weighted by atomic mass is 10.1. The molecular formula is C11H6N2O3. The highest BCUT2D eigenvalue weighted by Gasteiger charge is 2.02. The third kappa shape index (κ3) is 1.77. The maximum absolute atomic E-state index is 11.3. The predicted molar refractivity (Wildman–Crippen MR) is 57.8 cm³/mol. The first kappa shape index (κ1) is 9.93. The summed E-state index contributed by atoms with van der Waals surface area (Å²) in [6.07, 6.45) is 2.86. The Morgan fingerprint density at radius 2 is 2.19 bits per heavy atom. The van der Waals surface area contributed by atoms with Gasteiger partial charge in [0.15, 0.2) is 0 Å². The minimum atomic E-state index is -0.780. The highest BCUT2D eigenvalue weighted by Crippen LogP contribution is 2.10. The molecule has 0 aliphatic heterocycles. The van der Waals surface area contributed by atoms with E-state index >= 15 is 0 Å². The molecule has 78 valence electrons. The Kier molecular flexibility index (Phi) is 2.40. The topological polar surface area (TPSA) is 86.9 Å². The van der Waals surface area contributed by atoms with Gasteiger partial charge in [0.05, 0.1) is 17.0 Å². The van der Waals surface area contributed by atoms with Crippen LogP contribution in [0.2, 0.25) is 0 Å². The largest absolute Gasteiger partial charge is 0.419 e. The van der Waals surface area contributed by atoms with Crippen molar-refractivity contribution in [2.75, 3.05) is 0 Å². The minimum absolute atomic E-state index is 0.277. The van der Waals surface area contributed by atoms with Gasteiger partial charge in [-0.05, 0) is 23.8 Å². The highest BCUT2D eigenvalue weighted by atomic mass is 16.4. The van der Waals surface area contributed by atoms with Crippen LogP contribution >= 0.6 is 0 Å². The second-order valence-electron chi connectivity index (χ2n) is 3.07. The van der Waals surface area contributed by atoms with Crippen molar-refractivity contribution in [2.45, 2.75) is 0 Å². The van der Waals surface area contributed by atoms with Crippen molar-refractivity contribution in [3.05, 3.63) is 50.8 Å². The summed E-state index contributed by atoms with van der Waals surface area (Å²) >= 11 is 0. The summed E-state index contributed by atoms with van der Waals surface area (Å²) in [5.74, 6) is -0.780. The molecule has 16 heavy (non-hydrogen) atoms. The fraction of sp³-hybridized carbons (Fsp3) is 0. The molecule has 1 N–H and O–H groups in total. The smallest absolute Gasteiger partial charge is 0.372 e. The van der Waals surface area contributed by atoms with E-state index in [9.17, 15) is 9.59 Å².